The fraction of sp³-hybridized carbons (Fsp3) is 0.455. The second kappa shape index (κ2) is 5.98. The molecule has 0 aromatic heterocycles. The Balaban J connectivity index is 3.09. The lowest BCUT2D eigenvalue weighted by Gasteiger charge is -2.22. The minimum absolute atomic E-state index is 0.0231. The van der Waals surface area contributed by atoms with Crippen LogP contribution in [0.25, 0.3) is 0 Å². The summed E-state index contributed by atoms with van der Waals surface area (Å²) in [5, 5.41) is 10.7. The maximum atomic E-state index is 12.2. The number of nitro groups is 1. The second-order valence-electron chi connectivity index (χ2n) is 4.77. The third kappa shape index (κ3) is 4.09. The summed E-state index contributed by atoms with van der Waals surface area (Å²) in [7, 11) is -3.88. The average molecular weight is 319 g/mol. The Hall–Kier alpha value is -1.32. The number of nitrogens with one attached hydrogen (secondary N) is 1. The molecular formula is C11H17N3O4S2. The molecule has 0 fully saturated rings. The summed E-state index contributed by atoms with van der Waals surface area (Å²) in [6.45, 7) is 3.96. The number of nitro benzene ring substituents is 1. The summed E-state index contributed by atoms with van der Waals surface area (Å²) in [6, 6.07) is 3.34. The van der Waals surface area contributed by atoms with Crippen molar-refractivity contribution >= 4 is 33.2 Å². The van der Waals surface area contributed by atoms with E-state index in [0.29, 0.717) is 0 Å². The number of benzene rings is 1. The number of nitrogens with two attached hydrogens (primary N) is 1. The van der Waals surface area contributed by atoms with Crippen molar-refractivity contribution in [1.82, 2.24) is 4.72 Å². The van der Waals surface area contributed by atoms with E-state index in [4.69, 9.17) is 5.73 Å². The first kappa shape index (κ1) is 16.7. The van der Waals surface area contributed by atoms with E-state index in [1.54, 1.807) is 0 Å². The van der Waals surface area contributed by atoms with Crippen LogP contribution in [0.2, 0.25) is 0 Å². The first-order chi connectivity index (χ1) is 9.09. The number of rotatable bonds is 6. The molecule has 0 aliphatic carbocycles. The van der Waals surface area contributed by atoms with Crippen molar-refractivity contribution in [3.63, 3.8) is 0 Å². The van der Waals surface area contributed by atoms with Gasteiger partial charge < -0.3 is 5.73 Å². The molecule has 0 saturated carbocycles. The first-order valence-electron chi connectivity index (χ1n) is 5.68. The number of thioether (sulfide) groups is 1. The van der Waals surface area contributed by atoms with Gasteiger partial charge in [0.05, 0.1) is 10.6 Å². The van der Waals surface area contributed by atoms with Gasteiger partial charge in [0.15, 0.2) is 0 Å². The zero-order valence-corrected chi connectivity index (χ0v) is 13.0. The highest BCUT2D eigenvalue weighted by Crippen LogP contribution is 2.25. The monoisotopic (exact) mass is 319 g/mol. The van der Waals surface area contributed by atoms with Crippen LogP contribution in [0.15, 0.2) is 23.1 Å². The van der Waals surface area contributed by atoms with Crippen LogP contribution in [0.3, 0.4) is 0 Å². The first-order valence-corrected chi connectivity index (χ1v) is 8.38. The van der Waals surface area contributed by atoms with Gasteiger partial charge in [-0.3, -0.25) is 10.1 Å². The van der Waals surface area contributed by atoms with E-state index in [2.05, 4.69) is 4.72 Å². The molecule has 9 heteroatoms. The number of nitrogens with zero attached hydrogens (tertiary/aromatic N) is 1. The van der Waals surface area contributed by atoms with E-state index in [1.165, 1.54) is 23.9 Å². The zero-order chi connectivity index (χ0) is 15.6. The Morgan fingerprint density at radius 3 is 2.55 bits per heavy atom. The molecule has 0 unspecified atom stereocenters. The highest BCUT2D eigenvalue weighted by Gasteiger charge is 2.24. The van der Waals surface area contributed by atoms with Crippen molar-refractivity contribution in [2.24, 2.45) is 0 Å². The summed E-state index contributed by atoms with van der Waals surface area (Å²) in [6.07, 6.45) is 1.87. The molecule has 0 bridgehead atoms. The van der Waals surface area contributed by atoms with Crippen molar-refractivity contribution in [3.8, 4) is 0 Å². The molecule has 20 heavy (non-hydrogen) atoms. The van der Waals surface area contributed by atoms with Crippen LogP contribution in [0, 0.1) is 10.1 Å². The molecule has 1 rings (SSSR count). The van der Waals surface area contributed by atoms with Gasteiger partial charge in [-0.1, -0.05) is 0 Å². The molecule has 0 saturated heterocycles. The van der Waals surface area contributed by atoms with Gasteiger partial charge in [0.2, 0.25) is 10.0 Å². The second-order valence-corrected chi connectivity index (χ2v) is 8.02. The van der Waals surface area contributed by atoms with E-state index < -0.39 is 14.9 Å². The lowest BCUT2D eigenvalue weighted by molar-refractivity contribution is -0.385. The molecule has 0 spiro atoms. The van der Waals surface area contributed by atoms with E-state index in [9.17, 15) is 18.5 Å². The largest absolute Gasteiger partial charge is 0.398 e. The summed E-state index contributed by atoms with van der Waals surface area (Å²) in [4.78, 5) is 9.76. The molecule has 0 aliphatic rings. The van der Waals surface area contributed by atoms with Crippen molar-refractivity contribution in [3.05, 3.63) is 28.3 Å². The van der Waals surface area contributed by atoms with Crippen LogP contribution in [-0.2, 0) is 10.0 Å². The van der Waals surface area contributed by atoms with Crippen molar-refractivity contribution in [2.45, 2.75) is 23.5 Å². The Kier molecular flexibility index (Phi) is 5.00. The van der Waals surface area contributed by atoms with Gasteiger partial charge in [0.25, 0.3) is 5.69 Å². The standard InChI is InChI=1S/C11H17N3O4S2/c1-11(2,19-3)7-13-20(17,18)10-6-8(14(15)16)4-5-9(10)12/h4-6,13H,7,12H2,1-3H3. The molecule has 0 aliphatic heterocycles. The van der Waals surface area contributed by atoms with Gasteiger partial charge in [-0.25, -0.2) is 13.1 Å². The van der Waals surface area contributed by atoms with Gasteiger partial charge in [-0.15, -0.1) is 0 Å². The summed E-state index contributed by atoms with van der Waals surface area (Å²) < 4.78 is 26.5. The summed E-state index contributed by atoms with van der Waals surface area (Å²) >= 11 is 1.51. The van der Waals surface area contributed by atoms with Crippen molar-refractivity contribution in [2.75, 3.05) is 18.5 Å². The smallest absolute Gasteiger partial charge is 0.270 e. The minimum Gasteiger partial charge on any atom is -0.398 e. The molecule has 7 nitrogen and oxygen atoms in total. The lowest BCUT2D eigenvalue weighted by Crippen LogP contribution is -2.36. The maximum absolute atomic E-state index is 12.2. The molecule has 1 aromatic rings. The van der Waals surface area contributed by atoms with Crippen molar-refractivity contribution < 1.29 is 13.3 Å². The van der Waals surface area contributed by atoms with E-state index in [-0.39, 0.29) is 27.6 Å². The normalized spacial score (nSPS) is 12.3. The van der Waals surface area contributed by atoms with Gasteiger partial charge >= 0.3 is 0 Å². The molecule has 1 aromatic carbocycles. The zero-order valence-electron chi connectivity index (χ0n) is 11.4. The molecule has 112 valence electrons. The number of non-ortho nitro benzene ring substituents is 1. The topological polar surface area (TPSA) is 115 Å². The molecule has 3 N–H and O–H groups in total. The van der Waals surface area contributed by atoms with Gasteiger partial charge in [0, 0.05) is 23.4 Å². The number of hydrogen-bond donors (Lipinski definition) is 2. The Bertz CT molecular complexity index is 614. The Morgan fingerprint density at radius 2 is 2.05 bits per heavy atom. The fourth-order valence-corrected chi connectivity index (χ4v) is 2.96. The SMILES string of the molecule is CSC(C)(C)CNS(=O)(=O)c1cc([N+](=O)[O-])ccc1N. The number of anilines is 1. The number of sulfonamides is 1. The van der Waals surface area contributed by atoms with E-state index in [1.807, 2.05) is 20.1 Å². The van der Waals surface area contributed by atoms with Crippen LogP contribution in [0.5, 0.6) is 0 Å². The van der Waals surface area contributed by atoms with Gasteiger partial charge in [0.1, 0.15) is 4.90 Å². The fourth-order valence-electron chi connectivity index (χ4n) is 1.29. The average Bonchev–Trinajstić information content (AvgIpc) is 2.37. The van der Waals surface area contributed by atoms with Crippen LogP contribution >= 0.6 is 11.8 Å². The summed E-state index contributed by atoms with van der Waals surface area (Å²) in [5.41, 5.74) is 5.26. The number of nitrogen functional groups attached to an aromatic ring is 1. The Morgan fingerprint density at radius 1 is 1.45 bits per heavy atom. The molecule has 0 atom stereocenters. The molecule has 0 amide bonds. The van der Waals surface area contributed by atoms with Gasteiger partial charge in [-0.2, -0.15) is 11.8 Å². The molecule has 0 heterocycles. The lowest BCUT2D eigenvalue weighted by atomic mass is 10.2. The predicted molar refractivity (Wildman–Crippen MR) is 80.3 cm³/mol. The van der Waals surface area contributed by atoms with Crippen LogP contribution in [0.4, 0.5) is 11.4 Å². The van der Waals surface area contributed by atoms with Crippen LogP contribution in [-0.4, -0.2) is 30.9 Å². The predicted octanol–water partition coefficient (Wildman–Crippen LogP) is 1.60. The van der Waals surface area contributed by atoms with Crippen LogP contribution in [0.1, 0.15) is 13.8 Å². The van der Waals surface area contributed by atoms with E-state index >= 15 is 0 Å². The highest BCUT2D eigenvalue weighted by molar-refractivity contribution is 8.00. The third-order valence-electron chi connectivity index (χ3n) is 2.74. The van der Waals surface area contributed by atoms with Crippen molar-refractivity contribution in [1.29, 1.82) is 0 Å². The maximum Gasteiger partial charge on any atom is 0.270 e. The molecular weight excluding hydrogens is 302 g/mol. The molecule has 0 radical (unpaired) electrons. The summed E-state index contributed by atoms with van der Waals surface area (Å²) in [5.74, 6) is 0. The number of hydrogen-bond acceptors (Lipinski definition) is 6. The highest BCUT2D eigenvalue weighted by atomic mass is 32.2. The van der Waals surface area contributed by atoms with Crippen LogP contribution < -0.4 is 10.5 Å². The Labute approximate surface area is 122 Å². The quantitative estimate of drug-likeness (QED) is 0.467. The minimum atomic E-state index is -3.88. The van der Waals surface area contributed by atoms with Gasteiger partial charge in [-0.05, 0) is 26.2 Å². The van der Waals surface area contributed by atoms with E-state index in [0.717, 1.165) is 6.07 Å². The third-order valence-corrected chi connectivity index (χ3v) is 5.44.